The highest BCUT2D eigenvalue weighted by atomic mass is 35.5. The number of ether oxygens (including phenoxy) is 5. The van der Waals surface area contributed by atoms with Gasteiger partial charge in [0.25, 0.3) is 0 Å². The Balaban J connectivity index is 0.000000533. The number of pyridine rings is 4. The highest BCUT2D eigenvalue weighted by Gasteiger charge is 2.32. The van der Waals surface area contributed by atoms with Crippen molar-refractivity contribution in [1.29, 1.82) is 0 Å². The molecule has 11 aromatic rings. The van der Waals surface area contributed by atoms with Gasteiger partial charge in [-0.2, -0.15) is 8.97 Å². The first-order valence-electron chi connectivity index (χ1n) is 48.0. The first kappa shape index (κ1) is 129. The average Bonchev–Trinajstić information content (AvgIpc) is 0.884. The average molecular weight is 2060 g/mol. The van der Waals surface area contributed by atoms with Crippen LogP contribution in [0, 0.1) is 94.5 Å². The van der Waals surface area contributed by atoms with E-state index < -0.39 is 11.8 Å². The second-order valence-corrected chi connectivity index (χ2v) is 38.1. The van der Waals surface area contributed by atoms with Gasteiger partial charge in [-0.3, -0.25) is 9.88 Å². The van der Waals surface area contributed by atoms with Gasteiger partial charge in [-0.1, -0.05) is 208 Å². The molecule has 0 radical (unpaired) electrons. The maximum atomic E-state index is 13.2. The number of nitrogens with zero attached hydrogens (tertiary/aromatic N) is 6. The van der Waals surface area contributed by atoms with Crippen LogP contribution in [0.25, 0.3) is 0 Å². The number of aliphatic hydroxyl groups excluding tert-OH is 1. The van der Waals surface area contributed by atoms with Crippen LogP contribution >= 0.6 is 23.2 Å². The lowest BCUT2D eigenvalue weighted by atomic mass is 9.93. The molecule has 1 N–H and O–H groups in total. The van der Waals surface area contributed by atoms with Crippen molar-refractivity contribution in [1.82, 2.24) is 24.8 Å². The van der Waals surface area contributed by atoms with E-state index in [2.05, 4.69) is 52.5 Å². The summed E-state index contributed by atoms with van der Waals surface area (Å²) in [5.41, 5.74) is 10.1. The van der Waals surface area contributed by atoms with E-state index in [4.69, 9.17) is 52.0 Å². The topological polar surface area (TPSA) is 141 Å². The van der Waals surface area contributed by atoms with Gasteiger partial charge < -0.3 is 28.8 Å². The van der Waals surface area contributed by atoms with Crippen molar-refractivity contribution in [2.75, 3.05) is 73.9 Å². The number of carbonyl (C=O) groups excluding carboxylic acids is 1. The molecule has 4 aromatic heterocycles. The molecule has 6 heterocycles. The zero-order valence-electron chi connectivity index (χ0n) is 88.3. The number of rotatable bonds is 21. The third-order valence-electron chi connectivity index (χ3n) is 21.6. The minimum Gasteiger partial charge on any atom is -0.496 e. The van der Waals surface area contributed by atoms with Gasteiger partial charge in [0.2, 0.25) is 18.0 Å². The molecule has 13 rings (SSSR count). The van der Waals surface area contributed by atoms with Crippen LogP contribution in [0.15, 0.2) is 201 Å². The fourth-order valence-electron chi connectivity index (χ4n) is 13.3. The van der Waals surface area contributed by atoms with Gasteiger partial charge in [-0.25, -0.2) is 76.8 Å². The number of hydrogen-bond donors (Lipinski definition) is 1. The number of benzene rings is 7. The molecule has 0 aliphatic carbocycles. The summed E-state index contributed by atoms with van der Waals surface area (Å²) in [5, 5.41) is 9.64. The van der Waals surface area contributed by atoms with Crippen molar-refractivity contribution in [2.45, 2.75) is 238 Å². The summed E-state index contributed by atoms with van der Waals surface area (Å²) in [4.78, 5) is 28.2. The number of amides is 1. The molecule has 144 heavy (non-hydrogen) atoms. The normalized spacial score (nSPS) is 12.5. The largest absolute Gasteiger partial charge is 0.496 e. The summed E-state index contributed by atoms with van der Waals surface area (Å²) in [6.45, 7) is 54.5. The van der Waals surface area contributed by atoms with Crippen LogP contribution in [-0.2, 0) is 9.53 Å². The van der Waals surface area contributed by atoms with E-state index in [1.54, 1.807) is 82.7 Å². The Morgan fingerprint density at radius 1 is 0.396 bits per heavy atom. The number of halogens is 16. The van der Waals surface area contributed by atoms with Crippen molar-refractivity contribution in [3.63, 3.8) is 0 Å². The maximum absolute atomic E-state index is 13.2. The lowest BCUT2D eigenvalue weighted by molar-refractivity contribution is -0.419. The highest BCUT2D eigenvalue weighted by Crippen LogP contribution is 2.33. The Bertz CT molecular complexity index is 5270. The standard InChI is InChI=1S/C15H22FNO2.C11H15FO2.C10H13FO.C10H13F.C9H10ClF.C9H10F2.C9H12FNO.C9H13FNO.C9H11F.C8H9ClFN.C8H9F2N.C8H10FN/c1-12(2)14-11-13(16)3-4-15(14)19-10-7-17-5-8-18-9-6-17;1-8(2)10-7-9(12)3-4-11(10)14-6-5-13;1-7(2)9-6-8(11)4-5-10(9)12-3;1-7(2)10-6-9(11)5-4-8(10)3;1-6(2)8-5-7(11)3-4-9(8)10;1-6(2)8-5-7(10)3-4-9(8)11;1-6(2)8-4-7(10)5-11-9(8)12-3;1-6(2)8-4-7(10)5-11(3)9(8)12;1-7(2)8-4-3-5-9(10)6-8;1-5(2)7-3-6(10)4-11-8(7)9;1-5(2)7-3-6(9)4-11-8(7)10;1-6(2)7-3-8(9)5-10-4-7/h3-4,11-12H,5-10H2,1-2H3;3-4,7-8,13H,5-6H2,1-2H3;4-7H,1-3H3;4-7H,1-3H3;2*3-6H,1-2H3;4-6H,1-3H3;4-6,8H,1-3H3;3-7H,1-2H3;2*3-5H,1-2H3;3-6H,1-2H3/q;;;;;;;+1;;;;. The van der Waals surface area contributed by atoms with E-state index in [0.29, 0.717) is 57.3 Å². The Morgan fingerprint density at radius 3 is 1.19 bits per heavy atom. The van der Waals surface area contributed by atoms with Crippen LogP contribution < -0.4 is 18.9 Å². The molecule has 1 fully saturated rings. The molecular weight excluding hydrogens is 1910 g/mol. The molecule has 1 amide bonds. The number of morpholine rings is 1. The molecule has 13 nitrogen and oxygen atoms in total. The van der Waals surface area contributed by atoms with Gasteiger partial charge in [-0.05, 0) is 279 Å². The molecule has 0 spiro atoms. The molecule has 1 unspecified atom stereocenters. The smallest absolute Gasteiger partial charge is 0.394 e. The first-order valence-corrected chi connectivity index (χ1v) is 48.7. The molecular formula is C115H147Cl2F14N6O7+. The number of aliphatic hydroxyl groups is 1. The van der Waals surface area contributed by atoms with Crippen LogP contribution in [0.2, 0.25) is 10.2 Å². The van der Waals surface area contributed by atoms with Crippen molar-refractivity contribution in [3.05, 3.63) is 353 Å². The van der Waals surface area contributed by atoms with Crippen LogP contribution in [0.5, 0.6) is 23.1 Å². The third-order valence-corrected chi connectivity index (χ3v) is 22.3. The quantitative estimate of drug-likeness (QED) is 0.0416. The second-order valence-electron chi connectivity index (χ2n) is 37.4. The fourth-order valence-corrected chi connectivity index (χ4v) is 14.0. The molecule has 1 atom stereocenters. The lowest BCUT2D eigenvalue weighted by Crippen LogP contribution is -2.38. The van der Waals surface area contributed by atoms with Crippen molar-refractivity contribution in [3.8, 4) is 23.1 Å². The van der Waals surface area contributed by atoms with Gasteiger partial charge in [0.1, 0.15) is 118 Å². The van der Waals surface area contributed by atoms with Gasteiger partial charge in [0, 0.05) is 42.0 Å². The Hall–Kier alpha value is -11.1. The van der Waals surface area contributed by atoms with Gasteiger partial charge in [0.15, 0.2) is 5.83 Å². The Kier molecular flexibility index (Phi) is 60.5. The molecule has 0 bridgehead atoms. The van der Waals surface area contributed by atoms with Gasteiger partial charge >= 0.3 is 5.91 Å². The number of methoxy groups -OCH3 is 2. The molecule has 29 heteroatoms. The van der Waals surface area contributed by atoms with E-state index >= 15 is 0 Å². The van der Waals surface area contributed by atoms with E-state index in [0.717, 1.165) is 125 Å². The second kappa shape index (κ2) is 67.6. The predicted molar refractivity (Wildman–Crippen MR) is 554 cm³/mol. The minimum absolute atomic E-state index is 0.0294. The van der Waals surface area contributed by atoms with E-state index in [9.17, 15) is 66.3 Å². The molecule has 1 saturated heterocycles. The van der Waals surface area contributed by atoms with E-state index in [-0.39, 0.29) is 148 Å². The predicted octanol–water partition coefficient (Wildman–Crippen LogP) is 32.4. The van der Waals surface area contributed by atoms with Crippen LogP contribution in [0.1, 0.15) is 298 Å². The fraction of sp³-hybridized carbons (Fsp3) is 0.426. The molecule has 7 aromatic carbocycles. The number of aryl methyl sites for hydroxylation is 1. The SMILES string of the molecule is CC(C)C1C=C(F)C=[N+](C)C1=O.CC(C)c1cc(F)ccc1Cl.CC(C)c1cc(F)ccc1F.CC(C)c1cc(F)ccc1OCCN1CCOCC1.CC(C)c1cc(F)ccc1OCCO.CC(C)c1cc(F)cnc1Cl.CC(C)c1cc(F)cnc1F.CC(C)c1cccc(F)c1.CC(C)c1cncc(F)c1.COc1ccc(F)cc1C(C)C.COc1ncc(F)cc1C(C)C.Cc1ccc(F)cc1C(C)C. The summed E-state index contributed by atoms with van der Waals surface area (Å²) in [6.07, 6.45) is 8.65. The highest BCUT2D eigenvalue weighted by molar-refractivity contribution is 6.31. The maximum Gasteiger partial charge on any atom is 0.394 e. The van der Waals surface area contributed by atoms with Gasteiger partial charge in [-0.15, -0.1) is 0 Å². The molecule has 790 valence electrons. The van der Waals surface area contributed by atoms with Crippen LogP contribution in [-0.4, -0.2) is 121 Å². The minimum atomic E-state index is -0.582. The zero-order valence-corrected chi connectivity index (χ0v) is 89.9. The first-order chi connectivity index (χ1) is 67.6. The van der Waals surface area contributed by atoms with Crippen molar-refractivity contribution >= 4 is 35.3 Å². The van der Waals surface area contributed by atoms with Crippen molar-refractivity contribution < 1.29 is 99.6 Å². The number of aromatic nitrogens is 4. The van der Waals surface area contributed by atoms with E-state index in [1.807, 2.05) is 144 Å². The lowest BCUT2D eigenvalue weighted by Gasteiger charge is -2.26. The summed E-state index contributed by atoms with van der Waals surface area (Å²) in [7, 11) is 4.70. The summed E-state index contributed by atoms with van der Waals surface area (Å²) in [6, 6.07) is 38.9. The van der Waals surface area contributed by atoms with Crippen molar-refractivity contribution in [2.24, 2.45) is 11.8 Å². The molecule has 2 aliphatic rings. The molecule has 0 saturated carbocycles. The van der Waals surface area contributed by atoms with Crippen LogP contribution in [0.3, 0.4) is 0 Å². The zero-order chi connectivity index (χ0) is 109. The summed E-state index contributed by atoms with van der Waals surface area (Å²) in [5.74, 6) is 0.957. The summed E-state index contributed by atoms with van der Waals surface area (Å²) >= 11 is 11.5. The Labute approximate surface area is 855 Å². The Morgan fingerprint density at radius 2 is 0.785 bits per heavy atom. The number of hydrogen-bond acceptors (Lipinski definition) is 12. The molecule has 2 aliphatic heterocycles. The van der Waals surface area contributed by atoms with Crippen LogP contribution in [0.4, 0.5) is 61.5 Å². The third kappa shape index (κ3) is 49.2. The van der Waals surface area contributed by atoms with Gasteiger partial charge in [0.05, 0.1) is 58.8 Å². The monoisotopic (exact) mass is 2060 g/mol. The van der Waals surface area contributed by atoms with E-state index in [1.165, 1.54) is 121 Å². The number of allylic oxidation sites excluding steroid dienone is 1. The number of carbonyl (C=O) groups is 1. The summed E-state index contributed by atoms with van der Waals surface area (Å²) < 4.78 is 206.